The van der Waals surface area contributed by atoms with E-state index in [0.29, 0.717) is 23.1 Å². The first-order chi connectivity index (χ1) is 12.4. The van der Waals surface area contributed by atoms with Crippen molar-refractivity contribution in [2.24, 2.45) is 4.99 Å². The van der Waals surface area contributed by atoms with E-state index in [4.69, 9.17) is 16.3 Å². The molecule has 0 aromatic carbocycles. The summed E-state index contributed by atoms with van der Waals surface area (Å²) < 4.78 is 5.87. The van der Waals surface area contributed by atoms with Gasteiger partial charge in [-0.25, -0.2) is 9.78 Å². The van der Waals surface area contributed by atoms with E-state index < -0.39 is 0 Å². The molecule has 0 radical (unpaired) electrons. The number of thiophene rings is 1. The van der Waals surface area contributed by atoms with Crippen LogP contribution in [0.4, 0.5) is 0 Å². The fourth-order valence-corrected chi connectivity index (χ4v) is 4.29. The molecule has 150 valence electrons. The maximum atomic E-state index is 11.9. The Morgan fingerprint density at radius 1 is 1.41 bits per heavy atom. The molecule has 0 fully saturated rings. The minimum atomic E-state index is -0.321. The quantitative estimate of drug-likeness (QED) is 0.234. The van der Waals surface area contributed by atoms with Crippen LogP contribution in [-0.2, 0) is 11.2 Å². The molecule has 27 heavy (non-hydrogen) atoms. The number of aromatic nitrogens is 1. The van der Waals surface area contributed by atoms with Gasteiger partial charge in [0.05, 0.1) is 22.7 Å². The fourth-order valence-electron chi connectivity index (χ4n) is 2.24. The van der Waals surface area contributed by atoms with Crippen LogP contribution in [0.5, 0.6) is 0 Å². The lowest BCUT2D eigenvalue weighted by Crippen LogP contribution is -2.39. The van der Waals surface area contributed by atoms with Crippen LogP contribution in [0.3, 0.4) is 0 Å². The van der Waals surface area contributed by atoms with Crippen molar-refractivity contribution < 1.29 is 9.53 Å². The van der Waals surface area contributed by atoms with Crippen LogP contribution in [0, 0.1) is 6.92 Å². The van der Waals surface area contributed by atoms with Crippen LogP contribution in [0.1, 0.15) is 45.1 Å². The van der Waals surface area contributed by atoms with Crippen LogP contribution in [0.25, 0.3) is 0 Å². The van der Waals surface area contributed by atoms with E-state index in [1.165, 1.54) is 16.2 Å². The molecule has 6 nitrogen and oxygen atoms in total. The molecule has 2 rings (SSSR count). The smallest absolute Gasteiger partial charge is 0.350 e. The third kappa shape index (κ3) is 7.20. The number of nitrogens with one attached hydrogen (secondary N) is 2. The number of aliphatic imine (C=N–C) groups is 1. The Kier molecular flexibility index (Phi) is 10.6. The van der Waals surface area contributed by atoms with Gasteiger partial charge in [-0.1, -0.05) is 11.6 Å². The number of hydrogen-bond acceptors (Lipinski definition) is 6. The molecule has 1 unspecified atom stereocenters. The summed E-state index contributed by atoms with van der Waals surface area (Å²) in [6.45, 7) is 6.69. The number of carbonyl (C=O) groups excluding carboxylic acids is 1. The van der Waals surface area contributed by atoms with Gasteiger partial charge in [-0.05, 0) is 39.3 Å². The predicted molar refractivity (Wildman–Crippen MR) is 124 cm³/mol. The van der Waals surface area contributed by atoms with E-state index in [9.17, 15) is 4.79 Å². The monoisotopic (exact) mass is 542 g/mol. The summed E-state index contributed by atoms with van der Waals surface area (Å²) in [5, 5.41) is 7.40. The molecule has 0 aliphatic carbocycles. The van der Waals surface area contributed by atoms with Crippen LogP contribution >= 0.6 is 58.3 Å². The molecular formula is C17H24ClIN4O2S2. The van der Waals surface area contributed by atoms with Crippen molar-refractivity contribution in [3.05, 3.63) is 36.9 Å². The summed E-state index contributed by atoms with van der Waals surface area (Å²) in [6.07, 6.45) is 0.871. The average molecular weight is 543 g/mol. The van der Waals surface area contributed by atoms with Gasteiger partial charge in [0.1, 0.15) is 9.88 Å². The van der Waals surface area contributed by atoms with Crippen molar-refractivity contribution in [1.82, 2.24) is 15.6 Å². The Hall–Kier alpha value is -0.910. The molecule has 0 aliphatic rings. The normalized spacial score (nSPS) is 12.3. The molecular weight excluding hydrogens is 519 g/mol. The maximum absolute atomic E-state index is 11.9. The van der Waals surface area contributed by atoms with Gasteiger partial charge >= 0.3 is 5.97 Å². The fraction of sp³-hybridized carbons (Fsp3) is 0.471. The van der Waals surface area contributed by atoms with Crippen molar-refractivity contribution in [1.29, 1.82) is 0 Å². The summed E-state index contributed by atoms with van der Waals surface area (Å²) >= 11 is 8.88. The van der Waals surface area contributed by atoms with Crippen LogP contribution < -0.4 is 10.6 Å². The molecule has 0 saturated heterocycles. The average Bonchev–Trinajstić information content (AvgIpc) is 3.19. The molecule has 0 amide bonds. The van der Waals surface area contributed by atoms with Crippen molar-refractivity contribution in [2.75, 3.05) is 20.2 Å². The number of carbonyl (C=O) groups is 1. The summed E-state index contributed by atoms with van der Waals surface area (Å²) in [7, 11) is 1.72. The van der Waals surface area contributed by atoms with Crippen molar-refractivity contribution in [2.45, 2.75) is 33.2 Å². The summed E-state index contributed by atoms with van der Waals surface area (Å²) in [5.41, 5.74) is 0.689. The molecule has 2 N–H and O–H groups in total. The number of ether oxygens (including phenoxy) is 1. The zero-order valence-corrected chi connectivity index (χ0v) is 20.4. The zero-order chi connectivity index (χ0) is 19.1. The Morgan fingerprint density at radius 2 is 2.15 bits per heavy atom. The van der Waals surface area contributed by atoms with Gasteiger partial charge in [-0.15, -0.1) is 46.7 Å². The van der Waals surface area contributed by atoms with Crippen molar-refractivity contribution in [3.8, 4) is 0 Å². The van der Waals surface area contributed by atoms with E-state index in [0.717, 1.165) is 22.3 Å². The number of nitrogens with zero attached hydrogens (tertiary/aromatic N) is 2. The van der Waals surface area contributed by atoms with Crippen molar-refractivity contribution in [3.63, 3.8) is 0 Å². The Bertz CT molecular complexity index is 779. The van der Waals surface area contributed by atoms with Crippen LogP contribution in [-0.4, -0.2) is 37.1 Å². The minimum Gasteiger partial charge on any atom is -0.462 e. The van der Waals surface area contributed by atoms with E-state index >= 15 is 0 Å². The van der Waals surface area contributed by atoms with Gasteiger partial charge in [-0.2, -0.15) is 0 Å². The molecule has 10 heteroatoms. The van der Waals surface area contributed by atoms with E-state index in [-0.39, 0.29) is 36.0 Å². The molecule has 2 aromatic heterocycles. The standard InChI is InChI=1S/C17H23ClN4O2S2.HI/c1-5-24-16(23)14-10(2)21-15(26-14)11(3)22-17(19-4)20-9-8-12-6-7-13(18)25-12;/h6-7,11H,5,8-9H2,1-4H3,(H2,19,20,22);1H. The second-order valence-electron chi connectivity index (χ2n) is 5.51. The first-order valence-electron chi connectivity index (χ1n) is 8.30. The topological polar surface area (TPSA) is 75.6 Å². The number of halogens is 2. The lowest BCUT2D eigenvalue weighted by atomic mass is 10.3. The molecule has 2 aromatic rings. The molecule has 1 atom stereocenters. The second kappa shape index (κ2) is 11.8. The number of esters is 1. The second-order valence-corrected chi connectivity index (χ2v) is 8.34. The van der Waals surface area contributed by atoms with Gasteiger partial charge in [0.15, 0.2) is 5.96 Å². The highest BCUT2D eigenvalue weighted by atomic mass is 127. The number of guanidine groups is 1. The highest BCUT2D eigenvalue weighted by molar-refractivity contribution is 14.0. The van der Waals surface area contributed by atoms with Crippen molar-refractivity contribution >= 4 is 70.2 Å². The van der Waals surface area contributed by atoms with Gasteiger partial charge in [-0.3, -0.25) is 4.99 Å². The predicted octanol–water partition coefficient (Wildman–Crippen LogP) is 4.43. The largest absolute Gasteiger partial charge is 0.462 e. The Balaban J connectivity index is 0.00000364. The number of hydrogen-bond donors (Lipinski definition) is 2. The van der Waals surface area contributed by atoms with Crippen LogP contribution in [0.15, 0.2) is 17.1 Å². The SMILES string of the molecule is CCOC(=O)c1sc(C(C)NC(=NC)NCCc2ccc(Cl)s2)nc1C.I. The summed E-state index contributed by atoms with van der Waals surface area (Å²) in [5.74, 6) is 0.365. The van der Waals surface area contributed by atoms with Crippen LogP contribution in [0.2, 0.25) is 4.34 Å². The molecule has 0 saturated carbocycles. The highest BCUT2D eigenvalue weighted by Crippen LogP contribution is 2.24. The number of rotatable bonds is 7. The van der Waals surface area contributed by atoms with Gasteiger partial charge in [0.25, 0.3) is 0 Å². The molecule has 0 aliphatic heterocycles. The number of aryl methyl sites for hydroxylation is 1. The number of thiazole rings is 1. The van der Waals surface area contributed by atoms with E-state index in [1.807, 2.05) is 26.0 Å². The first kappa shape index (κ1) is 24.1. The van der Waals surface area contributed by atoms with Gasteiger partial charge in [0, 0.05) is 18.5 Å². The van der Waals surface area contributed by atoms with Gasteiger partial charge in [0.2, 0.25) is 0 Å². The zero-order valence-electron chi connectivity index (χ0n) is 15.7. The summed E-state index contributed by atoms with van der Waals surface area (Å²) in [6, 6.07) is 3.86. The third-order valence-electron chi connectivity index (χ3n) is 3.51. The maximum Gasteiger partial charge on any atom is 0.350 e. The van der Waals surface area contributed by atoms with E-state index in [1.54, 1.807) is 25.3 Å². The van der Waals surface area contributed by atoms with E-state index in [2.05, 4.69) is 20.6 Å². The molecule has 0 bridgehead atoms. The van der Waals surface area contributed by atoms with Gasteiger partial charge < -0.3 is 15.4 Å². The minimum absolute atomic E-state index is 0. The third-order valence-corrected chi connectivity index (χ3v) is 6.13. The highest BCUT2D eigenvalue weighted by Gasteiger charge is 2.20. The Labute approximate surface area is 189 Å². The molecule has 2 heterocycles. The lowest BCUT2D eigenvalue weighted by molar-refractivity contribution is 0.0531. The Morgan fingerprint density at radius 3 is 2.74 bits per heavy atom. The summed E-state index contributed by atoms with van der Waals surface area (Å²) in [4.78, 5) is 22.4. The lowest BCUT2D eigenvalue weighted by Gasteiger charge is -2.16. The first-order valence-corrected chi connectivity index (χ1v) is 10.3. The molecule has 0 spiro atoms.